The zero-order chi connectivity index (χ0) is 19.6. The molecule has 0 fully saturated rings. The first-order valence-electron chi connectivity index (χ1n) is 11.4. The van der Waals surface area contributed by atoms with Crippen molar-refractivity contribution in [3.05, 3.63) is 30.1 Å². The summed E-state index contributed by atoms with van der Waals surface area (Å²) < 4.78 is 1.71. The SMILES string of the molecule is CCCCCCCCCCCCCCCCCc1cc[n+](CC(=O)O)cc1. The fourth-order valence-electron chi connectivity index (χ4n) is 3.62. The summed E-state index contributed by atoms with van der Waals surface area (Å²) in [5.41, 5.74) is 1.31. The first-order valence-corrected chi connectivity index (χ1v) is 11.4. The Hall–Kier alpha value is -1.38. The van der Waals surface area contributed by atoms with Crippen LogP contribution >= 0.6 is 0 Å². The number of aromatic nitrogens is 1. The summed E-state index contributed by atoms with van der Waals surface area (Å²) >= 11 is 0. The minimum atomic E-state index is -0.796. The van der Waals surface area contributed by atoms with Crippen molar-refractivity contribution in [2.24, 2.45) is 0 Å². The maximum atomic E-state index is 10.7. The molecule has 0 atom stereocenters. The van der Waals surface area contributed by atoms with E-state index in [1.807, 2.05) is 24.5 Å². The van der Waals surface area contributed by atoms with Crippen molar-refractivity contribution in [2.45, 2.75) is 116 Å². The first-order chi connectivity index (χ1) is 13.2. The van der Waals surface area contributed by atoms with Crippen LogP contribution in [0.4, 0.5) is 0 Å². The molecule has 0 aromatic carbocycles. The molecular weight excluding hydrogens is 334 g/mol. The molecule has 0 unspecified atom stereocenters. The second-order valence-corrected chi connectivity index (χ2v) is 7.97. The van der Waals surface area contributed by atoms with Gasteiger partial charge in [-0.15, -0.1) is 0 Å². The third-order valence-electron chi connectivity index (χ3n) is 5.35. The highest BCUT2D eigenvalue weighted by molar-refractivity contribution is 5.64. The normalized spacial score (nSPS) is 11.0. The fraction of sp³-hybridized carbons (Fsp3) is 0.750. The number of nitrogens with zero attached hydrogens (tertiary/aromatic N) is 1. The van der Waals surface area contributed by atoms with E-state index >= 15 is 0 Å². The van der Waals surface area contributed by atoms with Gasteiger partial charge in [0.15, 0.2) is 12.4 Å². The maximum absolute atomic E-state index is 10.7. The molecule has 0 saturated heterocycles. The van der Waals surface area contributed by atoms with E-state index in [9.17, 15) is 4.79 Å². The minimum Gasteiger partial charge on any atom is -0.477 e. The molecule has 1 aromatic rings. The van der Waals surface area contributed by atoms with E-state index in [0.717, 1.165) is 6.42 Å². The van der Waals surface area contributed by atoms with Crippen LogP contribution in [0.3, 0.4) is 0 Å². The smallest absolute Gasteiger partial charge is 0.370 e. The largest absolute Gasteiger partial charge is 0.477 e. The zero-order valence-electron chi connectivity index (χ0n) is 17.6. The predicted octanol–water partition coefficient (Wildman–Crippen LogP) is 6.47. The summed E-state index contributed by atoms with van der Waals surface area (Å²) in [6.45, 7) is 2.32. The van der Waals surface area contributed by atoms with E-state index in [2.05, 4.69) is 6.92 Å². The van der Waals surface area contributed by atoms with Gasteiger partial charge in [0.25, 0.3) is 0 Å². The molecule has 0 bridgehead atoms. The molecular formula is C24H42NO2+. The number of unbranched alkanes of at least 4 members (excludes halogenated alkanes) is 14. The third-order valence-corrected chi connectivity index (χ3v) is 5.35. The quantitative estimate of drug-likeness (QED) is 0.235. The van der Waals surface area contributed by atoms with Gasteiger partial charge in [0.1, 0.15) is 0 Å². The number of rotatable bonds is 18. The summed E-state index contributed by atoms with van der Waals surface area (Å²) in [4.78, 5) is 10.7. The highest BCUT2D eigenvalue weighted by atomic mass is 16.4. The average molecular weight is 377 g/mol. The monoisotopic (exact) mass is 376 g/mol. The molecule has 1 heterocycles. The van der Waals surface area contributed by atoms with Crippen molar-refractivity contribution in [3.63, 3.8) is 0 Å². The van der Waals surface area contributed by atoms with Crippen LogP contribution in [-0.4, -0.2) is 11.1 Å². The lowest BCUT2D eigenvalue weighted by Gasteiger charge is -2.04. The van der Waals surface area contributed by atoms with Gasteiger partial charge in [-0.1, -0.05) is 96.8 Å². The van der Waals surface area contributed by atoms with Crippen LogP contribution in [0, 0.1) is 0 Å². The van der Waals surface area contributed by atoms with Gasteiger partial charge in [0.05, 0.1) is 0 Å². The van der Waals surface area contributed by atoms with E-state index in [1.165, 1.54) is 102 Å². The van der Waals surface area contributed by atoms with Crippen molar-refractivity contribution < 1.29 is 14.5 Å². The lowest BCUT2D eigenvalue weighted by Crippen LogP contribution is -2.36. The molecule has 0 saturated carbocycles. The van der Waals surface area contributed by atoms with Crippen molar-refractivity contribution in [3.8, 4) is 0 Å². The van der Waals surface area contributed by atoms with Gasteiger partial charge in [0, 0.05) is 12.1 Å². The number of carboxylic acids is 1. The topological polar surface area (TPSA) is 41.2 Å². The van der Waals surface area contributed by atoms with Crippen molar-refractivity contribution >= 4 is 5.97 Å². The van der Waals surface area contributed by atoms with Gasteiger partial charge >= 0.3 is 5.97 Å². The van der Waals surface area contributed by atoms with Crippen molar-refractivity contribution in [1.82, 2.24) is 0 Å². The summed E-state index contributed by atoms with van der Waals surface area (Å²) in [5.74, 6) is -0.796. The van der Waals surface area contributed by atoms with Gasteiger partial charge in [-0.25, -0.2) is 4.79 Å². The van der Waals surface area contributed by atoms with E-state index in [1.54, 1.807) is 4.57 Å². The molecule has 1 N–H and O–H groups in total. The second-order valence-electron chi connectivity index (χ2n) is 7.97. The maximum Gasteiger partial charge on any atom is 0.370 e. The fourth-order valence-corrected chi connectivity index (χ4v) is 3.62. The number of carbonyl (C=O) groups is 1. The highest BCUT2D eigenvalue weighted by Crippen LogP contribution is 2.14. The molecule has 0 radical (unpaired) electrons. The van der Waals surface area contributed by atoms with Gasteiger partial charge in [-0.05, 0) is 18.4 Å². The number of carboxylic acid groups (broad SMARTS) is 1. The first kappa shape index (κ1) is 23.7. The Bertz CT molecular complexity index is 470. The molecule has 154 valence electrons. The Morgan fingerprint density at radius 3 is 1.56 bits per heavy atom. The molecule has 0 amide bonds. The summed E-state index contributed by atoms with van der Waals surface area (Å²) in [7, 11) is 0. The highest BCUT2D eigenvalue weighted by Gasteiger charge is 2.06. The Kier molecular flexibility index (Phi) is 14.7. The van der Waals surface area contributed by atoms with E-state index < -0.39 is 5.97 Å². The molecule has 0 spiro atoms. The molecule has 27 heavy (non-hydrogen) atoms. The Labute approximate surface area is 167 Å². The molecule has 1 rings (SSSR count). The van der Waals surface area contributed by atoms with Crippen LogP contribution < -0.4 is 4.57 Å². The minimum absolute atomic E-state index is 0.0409. The number of aliphatic carboxylic acids is 1. The third kappa shape index (κ3) is 14.4. The van der Waals surface area contributed by atoms with Crippen LogP contribution in [0.25, 0.3) is 0 Å². The Morgan fingerprint density at radius 2 is 1.15 bits per heavy atom. The van der Waals surface area contributed by atoms with Crippen molar-refractivity contribution in [2.75, 3.05) is 0 Å². The average Bonchev–Trinajstić information content (AvgIpc) is 2.66. The van der Waals surface area contributed by atoms with Crippen LogP contribution in [0.1, 0.15) is 109 Å². The molecule has 3 heteroatoms. The van der Waals surface area contributed by atoms with E-state index in [4.69, 9.17) is 5.11 Å². The van der Waals surface area contributed by atoms with Gasteiger partial charge in [0.2, 0.25) is 6.54 Å². The molecule has 3 nitrogen and oxygen atoms in total. The zero-order valence-corrected chi connectivity index (χ0v) is 17.6. The van der Waals surface area contributed by atoms with Gasteiger partial charge in [-0.2, -0.15) is 4.57 Å². The van der Waals surface area contributed by atoms with E-state index in [0.29, 0.717) is 0 Å². The summed E-state index contributed by atoms with van der Waals surface area (Å²) in [6, 6.07) is 4.10. The molecule has 1 aromatic heterocycles. The van der Waals surface area contributed by atoms with Gasteiger partial charge < -0.3 is 5.11 Å². The van der Waals surface area contributed by atoms with Crippen LogP contribution in [0.15, 0.2) is 24.5 Å². The van der Waals surface area contributed by atoms with Gasteiger partial charge in [-0.3, -0.25) is 0 Å². The summed E-state index contributed by atoms with van der Waals surface area (Å²) in [5, 5.41) is 8.77. The number of hydrogen-bond acceptors (Lipinski definition) is 1. The lowest BCUT2D eigenvalue weighted by atomic mass is 10.0. The lowest BCUT2D eigenvalue weighted by molar-refractivity contribution is -0.685. The molecule has 0 aliphatic rings. The standard InChI is InChI=1S/C24H41NO2/c1-2-3-4-5-6-7-8-9-10-11-12-13-14-15-16-17-23-18-20-25(21-19-23)22-24(26)27/h18-21H,2-17,22H2,1H3/p+1. The van der Waals surface area contributed by atoms with E-state index in [-0.39, 0.29) is 6.54 Å². The Morgan fingerprint density at radius 1 is 0.741 bits per heavy atom. The second kappa shape index (κ2) is 16.8. The number of hydrogen-bond donors (Lipinski definition) is 1. The Balaban J connectivity index is 1.84. The molecule has 0 aliphatic carbocycles. The van der Waals surface area contributed by atoms with Crippen molar-refractivity contribution in [1.29, 1.82) is 0 Å². The van der Waals surface area contributed by atoms with Crippen LogP contribution in [0.5, 0.6) is 0 Å². The van der Waals surface area contributed by atoms with Crippen LogP contribution in [0.2, 0.25) is 0 Å². The summed E-state index contributed by atoms with van der Waals surface area (Å²) in [6.07, 6.45) is 25.8. The molecule has 0 aliphatic heterocycles. The van der Waals surface area contributed by atoms with Crippen LogP contribution in [-0.2, 0) is 17.8 Å². The number of pyridine rings is 1. The number of aryl methyl sites for hydroxylation is 1. The predicted molar refractivity (Wildman–Crippen MR) is 113 cm³/mol.